The van der Waals surface area contributed by atoms with Crippen LogP contribution in [0.15, 0.2) is 18.2 Å². The quantitative estimate of drug-likeness (QED) is 0.770. The lowest BCUT2D eigenvalue weighted by Gasteiger charge is -2.27. The van der Waals surface area contributed by atoms with Crippen molar-refractivity contribution in [3.63, 3.8) is 0 Å². The highest BCUT2D eigenvalue weighted by Crippen LogP contribution is 2.19. The van der Waals surface area contributed by atoms with Crippen molar-refractivity contribution in [3.05, 3.63) is 29.3 Å². The van der Waals surface area contributed by atoms with Crippen LogP contribution in [0.1, 0.15) is 24.0 Å². The van der Waals surface area contributed by atoms with Crippen LogP contribution >= 0.6 is 0 Å². The van der Waals surface area contributed by atoms with Crippen LogP contribution in [0.2, 0.25) is 0 Å². The smallest absolute Gasteiger partial charge is 0.0399 e. The highest BCUT2D eigenvalue weighted by Gasteiger charge is 2.08. The molecular formula is C16H27N3. The number of aryl methyl sites for hydroxylation is 2. The van der Waals surface area contributed by atoms with Crippen LogP contribution in [0.3, 0.4) is 0 Å². The van der Waals surface area contributed by atoms with Gasteiger partial charge in [0.15, 0.2) is 0 Å². The van der Waals surface area contributed by atoms with Gasteiger partial charge in [-0.25, -0.2) is 0 Å². The van der Waals surface area contributed by atoms with Gasteiger partial charge >= 0.3 is 0 Å². The van der Waals surface area contributed by atoms with Gasteiger partial charge in [0, 0.05) is 38.4 Å². The highest BCUT2D eigenvalue weighted by molar-refractivity contribution is 5.56. The van der Waals surface area contributed by atoms with Gasteiger partial charge in [-0.3, -0.25) is 0 Å². The Morgan fingerprint density at radius 2 is 1.79 bits per heavy atom. The first-order chi connectivity index (χ1) is 9.27. The fraction of sp³-hybridized carbons (Fsp3) is 0.625. The monoisotopic (exact) mass is 261 g/mol. The Morgan fingerprint density at radius 3 is 2.47 bits per heavy atom. The topological polar surface area (TPSA) is 27.3 Å². The molecule has 19 heavy (non-hydrogen) atoms. The molecule has 1 aliphatic heterocycles. The summed E-state index contributed by atoms with van der Waals surface area (Å²) in [7, 11) is 0. The van der Waals surface area contributed by atoms with Gasteiger partial charge < -0.3 is 15.5 Å². The van der Waals surface area contributed by atoms with E-state index >= 15 is 0 Å². The van der Waals surface area contributed by atoms with Crippen molar-refractivity contribution >= 4 is 5.69 Å². The molecule has 2 rings (SSSR count). The van der Waals surface area contributed by atoms with Gasteiger partial charge in [0.25, 0.3) is 0 Å². The molecule has 0 unspecified atom stereocenters. The molecule has 0 bridgehead atoms. The first-order valence-electron chi connectivity index (χ1n) is 7.50. The molecule has 3 heteroatoms. The van der Waals surface area contributed by atoms with Crippen molar-refractivity contribution in [1.29, 1.82) is 0 Å². The van der Waals surface area contributed by atoms with E-state index in [9.17, 15) is 0 Å². The Bertz CT molecular complexity index is 363. The predicted octanol–water partition coefficient (Wildman–Crippen LogP) is 2.40. The average Bonchev–Trinajstić information content (AvgIpc) is 2.42. The lowest BCUT2D eigenvalue weighted by molar-refractivity contribution is 0.237. The Balaban J connectivity index is 1.63. The molecular weight excluding hydrogens is 234 g/mol. The van der Waals surface area contributed by atoms with Crippen LogP contribution < -0.4 is 10.6 Å². The zero-order valence-electron chi connectivity index (χ0n) is 12.3. The molecule has 1 saturated heterocycles. The zero-order valence-corrected chi connectivity index (χ0v) is 12.3. The van der Waals surface area contributed by atoms with Gasteiger partial charge in [-0.15, -0.1) is 0 Å². The number of anilines is 1. The van der Waals surface area contributed by atoms with E-state index in [1.807, 2.05) is 0 Å². The Kier molecular flexibility index (Phi) is 5.67. The van der Waals surface area contributed by atoms with Gasteiger partial charge in [-0.1, -0.05) is 18.2 Å². The Labute approximate surface area is 117 Å². The Hall–Kier alpha value is -1.06. The minimum absolute atomic E-state index is 1.08. The number of piperazine rings is 1. The van der Waals surface area contributed by atoms with E-state index in [-0.39, 0.29) is 0 Å². The molecule has 3 nitrogen and oxygen atoms in total. The number of hydrogen-bond acceptors (Lipinski definition) is 3. The molecule has 0 amide bonds. The van der Waals surface area contributed by atoms with E-state index in [0.29, 0.717) is 0 Å². The Morgan fingerprint density at radius 1 is 1.11 bits per heavy atom. The minimum Gasteiger partial charge on any atom is -0.385 e. The molecule has 1 aromatic rings. The molecule has 1 aromatic carbocycles. The summed E-state index contributed by atoms with van der Waals surface area (Å²) < 4.78 is 0. The molecule has 1 aliphatic rings. The second-order valence-electron chi connectivity index (χ2n) is 5.49. The van der Waals surface area contributed by atoms with E-state index in [1.54, 1.807) is 0 Å². The van der Waals surface area contributed by atoms with Crippen molar-refractivity contribution in [2.75, 3.05) is 44.6 Å². The van der Waals surface area contributed by atoms with E-state index in [2.05, 4.69) is 47.6 Å². The lowest BCUT2D eigenvalue weighted by Crippen LogP contribution is -2.43. The van der Waals surface area contributed by atoms with Crippen molar-refractivity contribution in [3.8, 4) is 0 Å². The molecule has 0 aliphatic carbocycles. The number of unbranched alkanes of at least 4 members (excludes halogenated alkanes) is 1. The van der Waals surface area contributed by atoms with Gasteiger partial charge in [0.2, 0.25) is 0 Å². The fourth-order valence-corrected chi connectivity index (χ4v) is 2.70. The summed E-state index contributed by atoms with van der Waals surface area (Å²) in [6.07, 6.45) is 2.54. The van der Waals surface area contributed by atoms with E-state index in [1.165, 1.54) is 49.3 Å². The maximum absolute atomic E-state index is 3.59. The van der Waals surface area contributed by atoms with Crippen LogP contribution in [-0.4, -0.2) is 44.2 Å². The second kappa shape index (κ2) is 7.51. The number of para-hydroxylation sites is 1. The number of hydrogen-bond donors (Lipinski definition) is 2. The van der Waals surface area contributed by atoms with Crippen LogP contribution in [0, 0.1) is 13.8 Å². The average molecular weight is 261 g/mol. The van der Waals surface area contributed by atoms with Crippen molar-refractivity contribution < 1.29 is 0 Å². The lowest BCUT2D eigenvalue weighted by atomic mass is 10.1. The molecule has 0 radical (unpaired) electrons. The van der Waals surface area contributed by atoms with Crippen LogP contribution in [-0.2, 0) is 0 Å². The molecule has 1 heterocycles. The third-order valence-corrected chi connectivity index (χ3v) is 3.89. The first-order valence-corrected chi connectivity index (χ1v) is 7.50. The normalized spacial score (nSPS) is 16.5. The summed E-state index contributed by atoms with van der Waals surface area (Å²) in [6, 6.07) is 6.48. The van der Waals surface area contributed by atoms with Crippen LogP contribution in [0.25, 0.3) is 0 Å². The number of benzene rings is 1. The summed E-state index contributed by atoms with van der Waals surface area (Å²) >= 11 is 0. The van der Waals surface area contributed by atoms with E-state index in [4.69, 9.17) is 0 Å². The van der Waals surface area contributed by atoms with Crippen LogP contribution in [0.5, 0.6) is 0 Å². The molecule has 0 spiro atoms. The summed E-state index contributed by atoms with van der Waals surface area (Å²) in [5.41, 5.74) is 4.02. The third kappa shape index (κ3) is 4.51. The molecule has 106 valence electrons. The summed E-state index contributed by atoms with van der Waals surface area (Å²) in [4.78, 5) is 2.56. The highest BCUT2D eigenvalue weighted by atomic mass is 15.2. The molecule has 0 saturated carbocycles. The van der Waals surface area contributed by atoms with E-state index < -0.39 is 0 Å². The maximum atomic E-state index is 3.59. The fourth-order valence-electron chi connectivity index (χ4n) is 2.70. The van der Waals surface area contributed by atoms with Gasteiger partial charge in [-0.2, -0.15) is 0 Å². The standard InChI is InChI=1S/C16H27N3/c1-14-6-5-7-15(2)16(14)18-8-3-4-11-19-12-9-17-10-13-19/h5-7,17-18H,3-4,8-13H2,1-2H3. The molecule has 2 N–H and O–H groups in total. The van der Waals surface area contributed by atoms with Gasteiger partial charge in [0.05, 0.1) is 0 Å². The molecule has 0 atom stereocenters. The zero-order chi connectivity index (χ0) is 13.5. The van der Waals surface area contributed by atoms with Crippen molar-refractivity contribution in [2.45, 2.75) is 26.7 Å². The summed E-state index contributed by atoms with van der Waals surface area (Å²) in [5.74, 6) is 0. The summed E-state index contributed by atoms with van der Waals surface area (Å²) in [5, 5.41) is 6.98. The minimum atomic E-state index is 1.08. The first kappa shape index (κ1) is 14.4. The van der Waals surface area contributed by atoms with Gasteiger partial charge in [0.1, 0.15) is 0 Å². The maximum Gasteiger partial charge on any atom is 0.0399 e. The molecule has 1 fully saturated rings. The second-order valence-corrected chi connectivity index (χ2v) is 5.49. The number of rotatable bonds is 6. The van der Waals surface area contributed by atoms with Gasteiger partial charge in [-0.05, 0) is 44.4 Å². The summed E-state index contributed by atoms with van der Waals surface area (Å²) in [6.45, 7) is 11.4. The van der Waals surface area contributed by atoms with Crippen molar-refractivity contribution in [1.82, 2.24) is 10.2 Å². The number of nitrogens with zero attached hydrogens (tertiary/aromatic N) is 1. The van der Waals surface area contributed by atoms with Crippen LogP contribution in [0.4, 0.5) is 5.69 Å². The molecule has 0 aromatic heterocycles. The predicted molar refractivity (Wildman–Crippen MR) is 82.9 cm³/mol. The van der Waals surface area contributed by atoms with E-state index in [0.717, 1.165) is 19.6 Å². The third-order valence-electron chi connectivity index (χ3n) is 3.89. The largest absolute Gasteiger partial charge is 0.385 e. The SMILES string of the molecule is Cc1cccc(C)c1NCCCCN1CCNCC1. The number of nitrogens with one attached hydrogen (secondary N) is 2. The van der Waals surface area contributed by atoms with Crippen molar-refractivity contribution in [2.24, 2.45) is 0 Å².